The second-order valence-electron chi connectivity index (χ2n) is 7.70. The number of benzene rings is 2. The van der Waals surface area contributed by atoms with E-state index in [1.807, 2.05) is 5.32 Å². The van der Waals surface area contributed by atoms with E-state index in [4.69, 9.17) is 11.6 Å². The van der Waals surface area contributed by atoms with Crippen molar-refractivity contribution in [3.8, 4) is 0 Å². The van der Waals surface area contributed by atoms with Crippen molar-refractivity contribution in [2.45, 2.75) is 37.5 Å². The summed E-state index contributed by atoms with van der Waals surface area (Å²) in [5, 5.41) is 4.92. The highest BCUT2D eigenvalue weighted by molar-refractivity contribution is 6.33. The standard InChI is InChI=1S/C23H23ClF3N3O3/c24-17-10-5-4-9-16(17)21(32)29-18(15-7-2-1-3-8-15)13-20(31)30-12-6-11-19(30)22(33)28-14-23(25,26)27/h1-5,7-10,18-19H,6,11-14H2,(H,28,33)(H,29,32). The quantitative estimate of drug-likeness (QED) is 0.630. The predicted molar refractivity (Wildman–Crippen MR) is 117 cm³/mol. The Balaban J connectivity index is 1.74. The molecule has 33 heavy (non-hydrogen) atoms. The van der Waals surface area contributed by atoms with Crippen molar-refractivity contribution in [3.05, 3.63) is 70.7 Å². The Morgan fingerprint density at radius 2 is 1.73 bits per heavy atom. The highest BCUT2D eigenvalue weighted by Gasteiger charge is 2.37. The van der Waals surface area contributed by atoms with Gasteiger partial charge in [0.25, 0.3) is 5.91 Å². The molecule has 2 aromatic carbocycles. The fourth-order valence-electron chi connectivity index (χ4n) is 3.75. The minimum atomic E-state index is -4.54. The van der Waals surface area contributed by atoms with Gasteiger partial charge in [-0.1, -0.05) is 54.1 Å². The lowest BCUT2D eigenvalue weighted by Gasteiger charge is -2.27. The summed E-state index contributed by atoms with van der Waals surface area (Å²) in [5.74, 6) is -1.74. The molecule has 0 spiro atoms. The van der Waals surface area contributed by atoms with Crippen molar-refractivity contribution in [1.82, 2.24) is 15.5 Å². The summed E-state index contributed by atoms with van der Waals surface area (Å²) in [6.45, 7) is -1.20. The summed E-state index contributed by atoms with van der Waals surface area (Å²) in [6, 6.07) is 13.6. The smallest absolute Gasteiger partial charge is 0.345 e. The number of carbonyl (C=O) groups excluding carboxylic acids is 3. The van der Waals surface area contributed by atoms with Crippen LogP contribution in [-0.4, -0.2) is 47.9 Å². The third-order valence-corrected chi connectivity index (χ3v) is 5.67. The van der Waals surface area contributed by atoms with Crippen LogP contribution in [0.4, 0.5) is 13.2 Å². The Hall–Kier alpha value is -3.07. The molecule has 1 saturated heterocycles. The molecule has 3 rings (SSSR count). The molecular formula is C23H23ClF3N3O3. The van der Waals surface area contributed by atoms with Crippen LogP contribution in [-0.2, 0) is 9.59 Å². The van der Waals surface area contributed by atoms with Crippen LogP contribution in [0.15, 0.2) is 54.6 Å². The first-order valence-electron chi connectivity index (χ1n) is 10.4. The molecule has 2 atom stereocenters. The van der Waals surface area contributed by atoms with Crippen LogP contribution < -0.4 is 10.6 Å². The van der Waals surface area contributed by atoms with E-state index in [1.165, 1.54) is 4.90 Å². The van der Waals surface area contributed by atoms with Crippen LogP contribution in [0.5, 0.6) is 0 Å². The Kier molecular flexibility index (Phi) is 7.97. The number of alkyl halides is 3. The van der Waals surface area contributed by atoms with Crippen molar-refractivity contribution < 1.29 is 27.6 Å². The molecule has 0 aliphatic carbocycles. The fourth-order valence-corrected chi connectivity index (χ4v) is 3.98. The molecule has 0 aromatic heterocycles. The molecule has 2 N–H and O–H groups in total. The maximum Gasteiger partial charge on any atom is 0.405 e. The van der Waals surface area contributed by atoms with Gasteiger partial charge in [0.1, 0.15) is 12.6 Å². The van der Waals surface area contributed by atoms with E-state index in [1.54, 1.807) is 54.6 Å². The molecule has 3 amide bonds. The minimum Gasteiger partial charge on any atom is -0.345 e. The van der Waals surface area contributed by atoms with Crippen molar-refractivity contribution >= 4 is 29.3 Å². The van der Waals surface area contributed by atoms with Gasteiger partial charge in [-0.25, -0.2) is 0 Å². The number of amides is 3. The molecule has 1 fully saturated rings. The van der Waals surface area contributed by atoms with Crippen molar-refractivity contribution in [3.63, 3.8) is 0 Å². The van der Waals surface area contributed by atoms with Gasteiger partial charge >= 0.3 is 6.18 Å². The summed E-state index contributed by atoms with van der Waals surface area (Å²) in [5.41, 5.74) is 0.918. The molecule has 0 saturated carbocycles. The summed E-state index contributed by atoms with van der Waals surface area (Å²) < 4.78 is 37.4. The number of hydrogen-bond acceptors (Lipinski definition) is 3. The van der Waals surface area contributed by atoms with Crippen LogP contribution in [0.2, 0.25) is 5.02 Å². The third kappa shape index (κ3) is 6.71. The maximum absolute atomic E-state index is 13.1. The molecule has 2 unspecified atom stereocenters. The summed E-state index contributed by atoms with van der Waals surface area (Å²) in [4.78, 5) is 39.4. The SMILES string of the molecule is O=C(NC(CC(=O)N1CCCC1C(=O)NCC(F)(F)F)c1ccccc1)c1ccccc1Cl. The van der Waals surface area contributed by atoms with E-state index < -0.39 is 42.5 Å². The topological polar surface area (TPSA) is 78.5 Å². The van der Waals surface area contributed by atoms with Crippen molar-refractivity contribution in [2.75, 3.05) is 13.1 Å². The lowest BCUT2D eigenvalue weighted by Crippen LogP contribution is -2.48. The lowest BCUT2D eigenvalue weighted by atomic mass is 10.0. The molecule has 1 heterocycles. The van der Waals surface area contributed by atoms with E-state index in [9.17, 15) is 27.6 Å². The number of nitrogens with zero attached hydrogens (tertiary/aromatic N) is 1. The average molecular weight is 482 g/mol. The number of halogens is 4. The van der Waals surface area contributed by atoms with Gasteiger partial charge < -0.3 is 15.5 Å². The predicted octanol–water partition coefficient (Wildman–Crippen LogP) is 3.87. The average Bonchev–Trinajstić information content (AvgIpc) is 3.27. The van der Waals surface area contributed by atoms with E-state index in [2.05, 4.69) is 5.32 Å². The Morgan fingerprint density at radius 3 is 2.39 bits per heavy atom. The van der Waals surface area contributed by atoms with Crippen LogP contribution in [0, 0.1) is 0 Å². The number of hydrogen-bond donors (Lipinski definition) is 2. The molecule has 10 heteroatoms. The van der Waals surface area contributed by atoms with Gasteiger partial charge in [-0.2, -0.15) is 13.2 Å². The highest BCUT2D eigenvalue weighted by Crippen LogP contribution is 2.25. The van der Waals surface area contributed by atoms with E-state index in [-0.39, 0.29) is 30.0 Å². The zero-order chi connectivity index (χ0) is 24.0. The van der Waals surface area contributed by atoms with Gasteiger partial charge in [0.2, 0.25) is 11.8 Å². The Morgan fingerprint density at radius 1 is 1.06 bits per heavy atom. The van der Waals surface area contributed by atoms with Gasteiger partial charge in [-0.05, 0) is 30.5 Å². The molecular weight excluding hydrogens is 459 g/mol. The molecule has 2 aromatic rings. The zero-order valence-electron chi connectivity index (χ0n) is 17.6. The van der Waals surface area contributed by atoms with E-state index in [0.29, 0.717) is 12.0 Å². The molecule has 1 aliphatic rings. The first-order valence-corrected chi connectivity index (χ1v) is 10.8. The molecule has 1 aliphatic heterocycles. The first-order chi connectivity index (χ1) is 15.7. The summed E-state index contributed by atoms with van der Waals surface area (Å²) >= 11 is 6.11. The first kappa shape index (κ1) is 24.6. The van der Waals surface area contributed by atoms with Gasteiger partial charge in [0.15, 0.2) is 0 Å². The number of likely N-dealkylation sites (tertiary alicyclic amines) is 1. The van der Waals surface area contributed by atoms with Crippen LogP contribution in [0.3, 0.4) is 0 Å². The van der Waals surface area contributed by atoms with E-state index >= 15 is 0 Å². The Labute approximate surface area is 194 Å². The number of nitrogens with one attached hydrogen (secondary N) is 2. The molecule has 176 valence electrons. The maximum atomic E-state index is 13.1. The van der Waals surface area contributed by atoms with E-state index in [0.717, 1.165) is 0 Å². The van der Waals surface area contributed by atoms with Gasteiger partial charge in [-0.3, -0.25) is 14.4 Å². The van der Waals surface area contributed by atoms with Crippen LogP contribution in [0.1, 0.15) is 41.2 Å². The van der Waals surface area contributed by atoms with Crippen molar-refractivity contribution in [2.24, 2.45) is 0 Å². The van der Waals surface area contributed by atoms with Gasteiger partial charge in [-0.15, -0.1) is 0 Å². The minimum absolute atomic E-state index is 0.163. The second kappa shape index (κ2) is 10.7. The molecule has 0 bridgehead atoms. The lowest BCUT2D eigenvalue weighted by molar-refractivity contribution is -0.145. The number of carbonyl (C=O) groups is 3. The Bertz CT molecular complexity index is 1000. The van der Waals surface area contributed by atoms with Crippen LogP contribution in [0.25, 0.3) is 0 Å². The highest BCUT2D eigenvalue weighted by atomic mass is 35.5. The molecule has 0 radical (unpaired) electrons. The van der Waals surface area contributed by atoms with Gasteiger partial charge in [0.05, 0.1) is 23.0 Å². The zero-order valence-corrected chi connectivity index (χ0v) is 18.3. The largest absolute Gasteiger partial charge is 0.405 e. The fraction of sp³-hybridized carbons (Fsp3) is 0.348. The van der Waals surface area contributed by atoms with Crippen molar-refractivity contribution in [1.29, 1.82) is 0 Å². The second-order valence-corrected chi connectivity index (χ2v) is 8.11. The monoisotopic (exact) mass is 481 g/mol. The summed E-state index contributed by atoms with van der Waals surface area (Å²) in [6.07, 6.45) is -3.93. The third-order valence-electron chi connectivity index (χ3n) is 5.34. The molecule has 6 nitrogen and oxygen atoms in total. The summed E-state index contributed by atoms with van der Waals surface area (Å²) in [7, 11) is 0. The van der Waals surface area contributed by atoms with Crippen LogP contribution >= 0.6 is 11.6 Å². The number of rotatable bonds is 7. The van der Waals surface area contributed by atoms with Gasteiger partial charge in [0, 0.05) is 6.54 Å². The normalized spacial score (nSPS) is 16.8.